The SMILES string of the molecule is Oc1cccc(Cl)c1CNc1ccccc1-n1ccnn1. The monoisotopic (exact) mass is 300 g/mol. The molecule has 2 aromatic carbocycles. The minimum absolute atomic E-state index is 0.174. The molecule has 0 aliphatic rings. The molecular formula is C15H13ClN4O. The molecule has 1 heterocycles. The van der Waals surface area contributed by atoms with Gasteiger partial charge in [-0.2, -0.15) is 0 Å². The van der Waals surface area contributed by atoms with Gasteiger partial charge in [-0.05, 0) is 24.3 Å². The van der Waals surface area contributed by atoms with Crippen LogP contribution in [-0.4, -0.2) is 20.1 Å². The number of rotatable bonds is 4. The molecule has 21 heavy (non-hydrogen) atoms. The van der Waals surface area contributed by atoms with Crippen molar-refractivity contribution in [1.29, 1.82) is 0 Å². The number of aromatic hydroxyl groups is 1. The van der Waals surface area contributed by atoms with Crippen LogP contribution < -0.4 is 5.32 Å². The smallest absolute Gasteiger partial charge is 0.122 e. The van der Waals surface area contributed by atoms with Crippen LogP contribution in [0, 0.1) is 0 Å². The van der Waals surface area contributed by atoms with Crippen molar-refractivity contribution in [2.75, 3.05) is 5.32 Å². The Morgan fingerprint density at radius 3 is 2.76 bits per heavy atom. The Morgan fingerprint density at radius 2 is 2.00 bits per heavy atom. The predicted molar refractivity (Wildman–Crippen MR) is 81.8 cm³/mol. The summed E-state index contributed by atoms with van der Waals surface area (Å²) >= 11 is 6.11. The first-order valence-corrected chi connectivity index (χ1v) is 6.79. The normalized spacial score (nSPS) is 10.5. The van der Waals surface area contributed by atoms with Crippen molar-refractivity contribution in [3.63, 3.8) is 0 Å². The van der Waals surface area contributed by atoms with Crippen LogP contribution in [0.3, 0.4) is 0 Å². The highest BCUT2D eigenvalue weighted by atomic mass is 35.5. The largest absolute Gasteiger partial charge is 0.508 e. The maximum Gasteiger partial charge on any atom is 0.122 e. The third-order valence-corrected chi connectivity index (χ3v) is 3.48. The molecule has 6 heteroatoms. The third kappa shape index (κ3) is 2.83. The molecule has 0 bridgehead atoms. The highest BCUT2D eigenvalue weighted by Gasteiger charge is 2.08. The van der Waals surface area contributed by atoms with E-state index in [1.54, 1.807) is 35.3 Å². The summed E-state index contributed by atoms with van der Waals surface area (Å²) in [4.78, 5) is 0. The van der Waals surface area contributed by atoms with Gasteiger partial charge < -0.3 is 10.4 Å². The van der Waals surface area contributed by atoms with Crippen molar-refractivity contribution in [2.24, 2.45) is 0 Å². The maximum absolute atomic E-state index is 9.87. The summed E-state index contributed by atoms with van der Waals surface area (Å²) in [5.41, 5.74) is 2.41. The van der Waals surface area contributed by atoms with E-state index in [9.17, 15) is 5.11 Å². The van der Waals surface area contributed by atoms with Crippen molar-refractivity contribution in [1.82, 2.24) is 15.0 Å². The Hall–Kier alpha value is -2.53. The van der Waals surface area contributed by atoms with Crippen LogP contribution in [0.4, 0.5) is 5.69 Å². The Morgan fingerprint density at radius 1 is 1.14 bits per heavy atom. The summed E-state index contributed by atoms with van der Waals surface area (Å²) in [6.45, 7) is 0.414. The van der Waals surface area contributed by atoms with Gasteiger partial charge in [-0.25, -0.2) is 4.68 Å². The first-order valence-electron chi connectivity index (χ1n) is 6.41. The van der Waals surface area contributed by atoms with Gasteiger partial charge in [0.15, 0.2) is 0 Å². The molecule has 0 fully saturated rings. The van der Waals surface area contributed by atoms with Crippen molar-refractivity contribution >= 4 is 17.3 Å². The Kier molecular flexibility index (Phi) is 3.75. The zero-order valence-corrected chi connectivity index (χ0v) is 11.8. The van der Waals surface area contributed by atoms with E-state index >= 15 is 0 Å². The van der Waals surface area contributed by atoms with E-state index in [1.807, 2.05) is 24.3 Å². The lowest BCUT2D eigenvalue weighted by molar-refractivity contribution is 0.469. The van der Waals surface area contributed by atoms with Crippen LogP contribution in [0.2, 0.25) is 5.02 Å². The molecule has 0 unspecified atom stereocenters. The van der Waals surface area contributed by atoms with Crippen molar-refractivity contribution in [2.45, 2.75) is 6.54 Å². The minimum atomic E-state index is 0.174. The Balaban J connectivity index is 1.86. The molecule has 106 valence electrons. The van der Waals surface area contributed by atoms with Crippen LogP contribution in [0.5, 0.6) is 5.75 Å². The molecule has 5 nitrogen and oxygen atoms in total. The number of hydrogen-bond acceptors (Lipinski definition) is 4. The van der Waals surface area contributed by atoms with Crippen molar-refractivity contribution in [3.05, 3.63) is 65.4 Å². The number of phenolic OH excluding ortho intramolecular Hbond substituents is 1. The zero-order chi connectivity index (χ0) is 14.7. The second kappa shape index (κ2) is 5.85. The molecule has 1 aromatic heterocycles. The molecule has 3 aromatic rings. The fourth-order valence-corrected chi connectivity index (χ4v) is 2.30. The number of halogens is 1. The zero-order valence-electron chi connectivity index (χ0n) is 11.1. The van der Waals surface area contributed by atoms with Gasteiger partial charge in [0.2, 0.25) is 0 Å². The van der Waals surface area contributed by atoms with Gasteiger partial charge >= 0.3 is 0 Å². The highest BCUT2D eigenvalue weighted by Crippen LogP contribution is 2.27. The first-order chi connectivity index (χ1) is 10.3. The number of para-hydroxylation sites is 2. The molecule has 0 radical (unpaired) electrons. The van der Waals surface area contributed by atoms with Crippen molar-refractivity contribution in [3.8, 4) is 11.4 Å². The second-order valence-corrected chi connectivity index (χ2v) is 4.86. The number of nitrogens with one attached hydrogen (secondary N) is 1. The number of aromatic nitrogens is 3. The van der Waals surface area contributed by atoms with Gasteiger partial charge in [-0.3, -0.25) is 0 Å². The second-order valence-electron chi connectivity index (χ2n) is 4.46. The summed E-state index contributed by atoms with van der Waals surface area (Å²) < 4.78 is 1.68. The van der Waals surface area contributed by atoms with E-state index in [0.717, 1.165) is 11.4 Å². The van der Waals surface area contributed by atoms with E-state index in [-0.39, 0.29) is 5.75 Å². The molecule has 0 aliphatic carbocycles. The van der Waals surface area contributed by atoms with E-state index in [1.165, 1.54) is 0 Å². The number of hydrogen-bond donors (Lipinski definition) is 2. The Bertz CT molecular complexity index is 723. The average molecular weight is 301 g/mol. The van der Waals surface area contributed by atoms with Crippen LogP contribution >= 0.6 is 11.6 Å². The van der Waals surface area contributed by atoms with Crippen LogP contribution in [0.1, 0.15) is 5.56 Å². The fourth-order valence-electron chi connectivity index (χ4n) is 2.07. The lowest BCUT2D eigenvalue weighted by Gasteiger charge is -2.13. The topological polar surface area (TPSA) is 63.0 Å². The average Bonchev–Trinajstić information content (AvgIpc) is 3.01. The van der Waals surface area contributed by atoms with Crippen LogP contribution in [-0.2, 0) is 6.54 Å². The molecule has 0 saturated heterocycles. The molecule has 0 spiro atoms. The van der Waals surface area contributed by atoms with Gasteiger partial charge in [0, 0.05) is 17.1 Å². The van der Waals surface area contributed by atoms with E-state index in [2.05, 4.69) is 15.6 Å². The summed E-state index contributed by atoms with van der Waals surface area (Å²) in [7, 11) is 0. The summed E-state index contributed by atoms with van der Waals surface area (Å²) in [6, 6.07) is 12.8. The summed E-state index contributed by atoms with van der Waals surface area (Å²) in [6.07, 6.45) is 3.39. The minimum Gasteiger partial charge on any atom is -0.508 e. The van der Waals surface area contributed by atoms with E-state index in [4.69, 9.17) is 11.6 Å². The molecular weight excluding hydrogens is 288 g/mol. The van der Waals surface area contributed by atoms with Gasteiger partial charge in [0.1, 0.15) is 5.75 Å². The molecule has 0 aliphatic heterocycles. The molecule has 0 saturated carbocycles. The fraction of sp³-hybridized carbons (Fsp3) is 0.0667. The molecule has 2 N–H and O–H groups in total. The lowest BCUT2D eigenvalue weighted by atomic mass is 10.2. The first kappa shape index (κ1) is 13.5. The number of phenols is 1. The van der Waals surface area contributed by atoms with Crippen LogP contribution in [0.15, 0.2) is 54.9 Å². The van der Waals surface area contributed by atoms with E-state index < -0.39 is 0 Å². The quantitative estimate of drug-likeness (QED) is 0.776. The number of benzene rings is 2. The van der Waals surface area contributed by atoms with Gasteiger partial charge in [0.25, 0.3) is 0 Å². The number of nitrogens with zero attached hydrogens (tertiary/aromatic N) is 3. The summed E-state index contributed by atoms with van der Waals surface area (Å²) in [5.74, 6) is 0.174. The van der Waals surface area contributed by atoms with Gasteiger partial charge in [-0.15, -0.1) is 5.10 Å². The molecule has 3 rings (SSSR count). The number of anilines is 1. The van der Waals surface area contributed by atoms with E-state index in [0.29, 0.717) is 17.1 Å². The lowest BCUT2D eigenvalue weighted by Crippen LogP contribution is -2.05. The Labute approximate surface area is 126 Å². The molecule has 0 atom stereocenters. The third-order valence-electron chi connectivity index (χ3n) is 3.12. The molecule has 0 amide bonds. The van der Waals surface area contributed by atoms with Crippen LogP contribution in [0.25, 0.3) is 5.69 Å². The van der Waals surface area contributed by atoms with Gasteiger partial charge in [-0.1, -0.05) is 35.0 Å². The predicted octanol–water partition coefficient (Wildman–Crippen LogP) is 3.24. The van der Waals surface area contributed by atoms with Crippen molar-refractivity contribution < 1.29 is 5.11 Å². The highest BCUT2D eigenvalue weighted by molar-refractivity contribution is 6.31. The van der Waals surface area contributed by atoms with Gasteiger partial charge in [0.05, 0.1) is 23.8 Å². The maximum atomic E-state index is 9.87. The summed E-state index contributed by atoms with van der Waals surface area (Å²) in [5, 5.41) is 21.5. The standard InChI is InChI=1S/C15H13ClN4O/c16-12-4-3-7-15(21)11(12)10-17-13-5-1-2-6-14(13)20-9-8-18-19-20/h1-9,17,21H,10H2.